The van der Waals surface area contributed by atoms with E-state index < -0.39 is 35.1 Å². The summed E-state index contributed by atoms with van der Waals surface area (Å²) in [6.07, 6.45) is 5.65. The average molecular weight is 528 g/mol. The first-order valence-electron chi connectivity index (χ1n) is 13.0. The van der Waals surface area contributed by atoms with Gasteiger partial charge in [0.1, 0.15) is 18.2 Å². The van der Waals surface area contributed by atoms with Gasteiger partial charge in [-0.1, -0.05) is 61.4 Å². The summed E-state index contributed by atoms with van der Waals surface area (Å²) in [7, 11) is 0. The first kappa shape index (κ1) is 29.2. The standard InChI is InChI=1S/C32H37N3O4/c1-8-22-14-12-13-17-26(22)28(29(37)34-25-19-18-23-15-10-11-16-24(23)20-25)35(32(6,7)9-2)27(36)21-33-30(38)39-31(3,4)5/h1,10-20,28H,9,21H2,2-7H3,(H,33,38)(H,34,37). The zero-order valence-corrected chi connectivity index (χ0v) is 23.5. The number of carbonyl (C=O) groups is 3. The van der Waals surface area contributed by atoms with Gasteiger partial charge in [0.2, 0.25) is 5.91 Å². The third-order valence-corrected chi connectivity index (χ3v) is 6.50. The van der Waals surface area contributed by atoms with Gasteiger partial charge in [-0.25, -0.2) is 4.79 Å². The summed E-state index contributed by atoms with van der Waals surface area (Å²) in [4.78, 5) is 41.7. The fourth-order valence-corrected chi connectivity index (χ4v) is 4.29. The fourth-order valence-electron chi connectivity index (χ4n) is 4.29. The van der Waals surface area contributed by atoms with Crippen LogP contribution in [0.4, 0.5) is 10.5 Å². The first-order chi connectivity index (χ1) is 18.4. The Morgan fingerprint density at radius 3 is 2.23 bits per heavy atom. The second kappa shape index (κ2) is 12.0. The Kier molecular flexibility index (Phi) is 9.03. The molecule has 1 atom stereocenters. The van der Waals surface area contributed by atoms with Crippen LogP contribution in [0.25, 0.3) is 10.8 Å². The van der Waals surface area contributed by atoms with E-state index in [-0.39, 0.29) is 6.54 Å². The lowest BCUT2D eigenvalue weighted by atomic mass is 9.91. The van der Waals surface area contributed by atoms with Crippen molar-refractivity contribution < 1.29 is 19.1 Å². The first-order valence-corrected chi connectivity index (χ1v) is 13.0. The molecule has 3 rings (SSSR count). The van der Waals surface area contributed by atoms with Crippen molar-refractivity contribution in [2.75, 3.05) is 11.9 Å². The maximum absolute atomic E-state index is 14.1. The summed E-state index contributed by atoms with van der Waals surface area (Å²) in [6, 6.07) is 19.5. The summed E-state index contributed by atoms with van der Waals surface area (Å²) >= 11 is 0. The van der Waals surface area contributed by atoms with Crippen molar-refractivity contribution in [3.05, 3.63) is 77.9 Å². The molecule has 0 heterocycles. The topological polar surface area (TPSA) is 87.7 Å². The van der Waals surface area contributed by atoms with Crippen LogP contribution < -0.4 is 10.6 Å². The molecule has 2 N–H and O–H groups in total. The number of rotatable bonds is 8. The van der Waals surface area contributed by atoms with Crippen molar-refractivity contribution in [1.82, 2.24) is 10.2 Å². The lowest BCUT2D eigenvalue weighted by Gasteiger charge is -2.43. The van der Waals surface area contributed by atoms with Crippen molar-refractivity contribution in [3.63, 3.8) is 0 Å². The second-order valence-corrected chi connectivity index (χ2v) is 11.0. The summed E-state index contributed by atoms with van der Waals surface area (Å²) in [5, 5.41) is 7.55. The highest BCUT2D eigenvalue weighted by molar-refractivity contribution is 6.00. The number of amides is 3. The average Bonchev–Trinajstić information content (AvgIpc) is 2.89. The Hall–Kier alpha value is -4.31. The van der Waals surface area contributed by atoms with Gasteiger partial charge in [-0.05, 0) is 75.6 Å². The quantitative estimate of drug-likeness (QED) is 0.350. The highest BCUT2D eigenvalue weighted by Crippen LogP contribution is 2.34. The summed E-state index contributed by atoms with van der Waals surface area (Å²) in [5.41, 5.74) is 0.130. The van der Waals surface area contributed by atoms with E-state index in [1.54, 1.807) is 45.0 Å². The van der Waals surface area contributed by atoms with E-state index in [4.69, 9.17) is 11.2 Å². The van der Waals surface area contributed by atoms with E-state index >= 15 is 0 Å². The molecule has 0 radical (unpaired) electrons. The zero-order valence-electron chi connectivity index (χ0n) is 23.5. The monoisotopic (exact) mass is 527 g/mol. The summed E-state index contributed by atoms with van der Waals surface area (Å²) in [5.74, 6) is 1.79. The zero-order chi connectivity index (χ0) is 28.8. The predicted molar refractivity (Wildman–Crippen MR) is 155 cm³/mol. The van der Waals surface area contributed by atoms with E-state index in [1.807, 2.05) is 63.2 Å². The molecule has 0 spiro atoms. The highest BCUT2D eigenvalue weighted by Gasteiger charge is 2.41. The lowest BCUT2D eigenvalue weighted by Crippen LogP contribution is -2.55. The number of hydrogen-bond donors (Lipinski definition) is 2. The number of terminal acetylenes is 1. The van der Waals surface area contributed by atoms with Crippen molar-refractivity contribution in [2.45, 2.75) is 65.1 Å². The molecular weight excluding hydrogens is 490 g/mol. The van der Waals surface area contributed by atoms with Crippen molar-refractivity contribution in [2.24, 2.45) is 0 Å². The number of fused-ring (bicyclic) bond motifs is 1. The van der Waals surface area contributed by atoms with Crippen LogP contribution in [-0.4, -0.2) is 40.5 Å². The minimum atomic E-state index is -1.06. The Morgan fingerprint density at radius 2 is 1.59 bits per heavy atom. The molecule has 0 saturated carbocycles. The van der Waals surface area contributed by atoms with E-state index in [9.17, 15) is 14.4 Å². The van der Waals surface area contributed by atoms with Crippen LogP contribution in [0.3, 0.4) is 0 Å². The Labute approximate surface area is 230 Å². The van der Waals surface area contributed by atoms with Gasteiger partial charge in [-0.15, -0.1) is 6.42 Å². The molecule has 0 aromatic heterocycles. The van der Waals surface area contributed by atoms with Crippen LogP contribution in [0.1, 0.15) is 65.1 Å². The maximum Gasteiger partial charge on any atom is 0.408 e. The second-order valence-electron chi connectivity index (χ2n) is 11.0. The summed E-state index contributed by atoms with van der Waals surface area (Å²) in [6.45, 7) is 10.6. The number of hydrogen-bond acceptors (Lipinski definition) is 4. The largest absolute Gasteiger partial charge is 0.444 e. The molecule has 7 nitrogen and oxygen atoms in total. The molecule has 0 aliphatic rings. The van der Waals surface area contributed by atoms with Crippen LogP contribution in [-0.2, 0) is 14.3 Å². The molecular formula is C32H37N3O4. The molecule has 204 valence electrons. The van der Waals surface area contributed by atoms with Gasteiger partial charge in [-0.3, -0.25) is 9.59 Å². The molecule has 39 heavy (non-hydrogen) atoms. The number of alkyl carbamates (subject to hydrolysis) is 1. The maximum atomic E-state index is 14.1. The fraction of sp³-hybridized carbons (Fsp3) is 0.344. The molecule has 0 aliphatic carbocycles. The molecule has 3 aromatic carbocycles. The SMILES string of the molecule is C#Cc1ccccc1C(C(=O)Nc1ccc2ccccc2c1)N(C(=O)CNC(=O)OC(C)(C)C)C(C)(C)CC. The molecule has 3 aromatic rings. The lowest BCUT2D eigenvalue weighted by molar-refractivity contribution is -0.145. The van der Waals surface area contributed by atoms with E-state index in [0.717, 1.165) is 10.8 Å². The molecule has 0 bridgehead atoms. The van der Waals surface area contributed by atoms with Crippen molar-refractivity contribution >= 4 is 34.4 Å². The van der Waals surface area contributed by atoms with Crippen LogP contribution in [0.5, 0.6) is 0 Å². The Bertz CT molecular complexity index is 1400. The minimum absolute atomic E-state index is 0.351. The van der Waals surface area contributed by atoms with E-state index in [2.05, 4.69) is 16.6 Å². The van der Waals surface area contributed by atoms with Gasteiger partial charge < -0.3 is 20.3 Å². The number of carbonyl (C=O) groups excluding carboxylic acids is 3. The van der Waals surface area contributed by atoms with Gasteiger partial charge >= 0.3 is 6.09 Å². The van der Waals surface area contributed by atoms with Crippen LogP contribution in [0, 0.1) is 12.3 Å². The van der Waals surface area contributed by atoms with Crippen LogP contribution in [0.15, 0.2) is 66.7 Å². The van der Waals surface area contributed by atoms with Crippen molar-refractivity contribution in [1.29, 1.82) is 0 Å². The molecule has 0 fully saturated rings. The van der Waals surface area contributed by atoms with Crippen molar-refractivity contribution in [3.8, 4) is 12.3 Å². The Balaban J connectivity index is 2.03. The molecule has 0 aliphatic heterocycles. The number of anilines is 1. The smallest absolute Gasteiger partial charge is 0.408 e. The van der Waals surface area contributed by atoms with E-state index in [1.165, 1.54) is 4.90 Å². The normalized spacial score (nSPS) is 12.2. The van der Waals surface area contributed by atoms with Crippen LogP contribution >= 0.6 is 0 Å². The number of ether oxygens (including phenoxy) is 1. The van der Waals surface area contributed by atoms with Gasteiger partial charge in [-0.2, -0.15) is 0 Å². The third kappa shape index (κ3) is 7.38. The molecule has 1 unspecified atom stereocenters. The predicted octanol–water partition coefficient (Wildman–Crippen LogP) is 6.04. The number of nitrogens with zero attached hydrogens (tertiary/aromatic N) is 1. The van der Waals surface area contributed by atoms with E-state index in [0.29, 0.717) is 23.2 Å². The molecule has 3 amide bonds. The van der Waals surface area contributed by atoms with Gasteiger partial charge in [0, 0.05) is 16.8 Å². The molecule has 7 heteroatoms. The minimum Gasteiger partial charge on any atom is -0.444 e. The third-order valence-electron chi connectivity index (χ3n) is 6.50. The van der Waals surface area contributed by atoms with Gasteiger partial charge in [0.25, 0.3) is 5.91 Å². The van der Waals surface area contributed by atoms with Gasteiger partial charge in [0.15, 0.2) is 0 Å². The highest BCUT2D eigenvalue weighted by atomic mass is 16.6. The van der Waals surface area contributed by atoms with Gasteiger partial charge in [0.05, 0.1) is 0 Å². The number of nitrogens with one attached hydrogen (secondary N) is 2. The molecule has 0 saturated heterocycles. The number of benzene rings is 3. The Morgan fingerprint density at radius 1 is 0.949 bits per heavy atom. The van der Waals surface area contributed by atoms with Crippen LogP contribution in [0.2, 0.25) is 0 Å². The summed E-state index contributed by atoms with van der Waals surface area (Å²) < 4.78 is 5.30.